The first-order chi connectivity index (χ1) is 12.4. The molecule has 0 saturated heterocycles. The van der Waals surface area contributed by atoms with E-state index in [0.29, 0.717) is 17.7 Å². The Hall–Kier alpha value is -2.88. The van der Waals surface area contributed by atoms with Gasteiger partial charge in [0, 0.05) is 6.08 Å². The van der Waals surface area contributed by atoms with Gasteiger partial charge in [-0.3, -0.25) is 9.52 Å². The molecule has 0 spiro atoms. The molecule has 10 heteroatoms. The van der Waals surface area contributed by atoms with Crippen LogP contribution in [0.2, 0.25) is 0 Å². The quantitative estimate of drug-likeness (QED) is 0.589. The fourth-order valence-electron chi connectivity index (χ4n) is 2.07. The van der Waals surface area contributed by atoms with E-state index in [1.807, 2.05) is 4.72 Å². The molecule has 0 aromatic heterocycles. The first-order valence-corrected chi connectivity index (χ1v) is 9.27. The summed E-state index contributed by atoms with van der Waals surface area (Å²) >= 11 is 0. The number of carbonyl (C=O) groups excluding carboxylic acids is 1. The molecule has 0 heterocycles. The zero-order valence-electron chi connectivity index (χ0n) is 13.8. The van der Waals surface area contributed by atoms with Crippen molar-refractivity contribution in [1.82, 2.24) is 0 Å². The van der Waals surface area contributed by atoms with Gasteiger partial charge in [-0.15, -0.1) is 0 Å². The lowest BCUT2D eigenvalue weighted by molar-refractivity contribution is -0.137. The highest BCUT2D eigenvalue weighted by molar-refractivity contribution is 7.92. The van der Waals surface area contributed by atoms with E-state index >= 15 is 0 Å². The second kappa shape index (κ2) is 7.78. The van der Waals surface area contributed by atoms with Gasteiger partial charge in [0.25, 0.3) is 0 Å². The summed E-state index contributed by atoms with van der Waals surface area (Å²) in [5.41, 5.74) is -1.29. The molecule has 1 amide bonds. The maximum Gasteiger partial charge on any atom is 0.416 e. The molecule has 27 heavy (non-hydrogen) atoms. The van der Waals surface area contributed by atoms with Gasteiger partial charge in [0.1, 0.15) is 5.82 Å². The molecule has 0 radical (unpaired) electrons. The second-order valence-electron chi connectivity index (χ2n) is 5.51. The van der Waals surface area contributed by atoms with Gasteiger partial charge in [-0.1, -0.05) is 12.1 Å². The molecule has 0 atom stereocenters. The largest absolute Gasteiger partial charge is 0.416 e. The van der Waals surface area contributed by atoms with E-state index in [-0.39, 0.29) is 11.4 Å². The molecule has 0 aliphatic carbocycles. The molecule has 5 nitrogen and oxygen atoms in total. The van der Waals surface area contributed by atoms with E-state index in [2.05, 4.69) is 5.32 Å². The van der Waals surface area contributed by atoms with Crippen molar-refractivity contribution >= 4 is 33.4 Å². The molecule has 0 bridgehead atoms. The van der Waals surface area contributed by atoms with Gasteiger partial charge >= 0.3 is 6.18 Å². The number of sulfonamides is 1. The van der Waals surface area contributed by atoms with E-state index in [4.69, 9.17) is 0 Å². The van der Waals surface area contributed by atoms with Gasteiger partial charge in [0.2, 0.25) is 15.9 Å². The summed E-state index contributed by atoms with van der Waals surface area (Å²) in [6.45, 7) is 0. The number of hydrogen-bond donors (Lipinski definition) is 2. The van der Waals surface area contributed by atoms with Gasteiger partial charge < -0.3 is 5.32 Å². The minimum Gasteiger partial charge on any atom is -0.321 e. The molecule has 0 fully saturated rings. The predicted molar refractivity (Wildman–Crippen MR) is 94.0 cm³/mol. The number of rotatable bonds is 5. The third kappa shape index (κ3) is 6.41. The van der Waals surface area contributed by atoms with Gasteiger partial charge in [-0.25, -0.2) is 12.8 Å². The lowest BCUT2D eigenvalue weighted by Gasteiger charge is -2.14. The fourth-order valence-corrected chi connectivity index (χ4v) is 2.65. The molecule has 0 aliphatic heterocycles. The van der Waals surface area contributed by atoms with Crippen LogP contribution >= 0.6 is 0 Å². The number of amides is 1. The van der Waals surface area contributed by atoms with Crippen molar-refractivity contribution in [2.45, 2.75) is 6.18 Å². The van der Waals surface area contributed by atoms with E-state index in [0.717, 1.165) is 24.5 Å². The van der Waals surface area contributed by atoms with Crippen molar-refractivity contribution in [2.75, 3.05) is 16.3 Å². The van der Waals surface area contributed by atoms with Gasteiger partial charge in [-0.05, 0) is 42.0 Å². The Morgan fingerprint density at radius 2 is 1.78 bits per heavy atom. The van der Waals surface area contributed by atoms with E-state index in [1.54, 1.807) is 0 Å². The Bertz CT molecular complexity index is 986. The third-order valence-corrected chi connectivity index (χ3v) is 3.77. The van der Waals surface area contributed by atoms with Crippen molar-refractivity contribution < 1.29 is 30.8 Å². The Morgan fingerprint density at radius 3 is 2.37 bits per heavy atom. The lowest BCUT2D eigenvalue weighted by Crippen LogP contribution is -2.16. The normalized spacial score (nSPS) is 12.2. The average molecular weight is 402 g/mol. The number of anilines is 2. The summed E-state index contributed by atoms with van der Waals surface area (Å²) in [7, 11) is -3.79. The molecular formula is C17H14F4N2O3S. The number of nitrogens with one attached hydrogen (secondary N) is 2. The molecule has 2 N–H and O–H groups in total. The molecule has 2 rings (SSSR count). The number of benzene rings is 2. The zero-order valence-corrected chi connectivity index (χ0v) is 14.7. The summed E-state index contributed by atoms with van der Waals surface area (Å²) in [6.07, 6.45) is -1.62. The smallest absolute Gasteiger partial charge is 0.321 e. The lowest BCUT2D eigenvalue weighted by atomic mass is 10.1. The number of alkyl halides is 3. The highest BCUT2D eigenvalue weighted by atomic mass is 32.2. The highest BCUT2D eigenvalue weighted by Crippen LogP contribution is 2.34. The minimum atomic E-state index is -4.68. The SMILES string of the molecule is CS(=O)(=O)Nc1ccc(C(F)(F)F)cc1NC(=O)C=Cc1cccc(F)c1. The standard InChI is InChI=1S/C17H14F4N2O3S/c1-27(25,26)23-14-7-6-12(17(19,20)21)10-15(14)22-16(24)8-5-11-3-2-4-13(18)9-11/h2-10,23H,1H3,(H,22,24). The van der Waals surface area contributed by atoms with Gasteiger partial charge in [-0.2, -0.15) is 13.2 Å². The number of carbonyl (C=O) groups is 1. The maximum absolute atomic E-state index is 13.1. The van der Waals surface area contributed by atoms with Crippen LogP contribution in [0.25, 0.3) is 6.08 Å². The minimum absolute atomic E-state index is 0.224. The fraction of sp³-hybridized carbons (Fsp3) is 0.118. The van der Waals surface area contributed by atoms with Crippen molar-refractivity contribution in [2.24, 2.45) is 0 Å². The van der Waals surface area contributed by atoms with Crippen LogP contribution in [0, 0.1) is 5.82 Å². The summed E-state index contributed by atoms with van der Waals surface area (Å²) < 4.78 is 76.5. The molecule has 0 unspecified atom stereocenters. The average Bonchev–Trinajstić information content (AvgIpc) is 2.52. The van der Waals surface area contributed by atoms with E-state index in [9.17, 15) is 30.8 Å². The van der Waals surface area contributed by atoms with Crippen molar-refractivity contribution in [1.29, 1.82) is 0 Å². The second-order valence-corrected chi connectivity index (χ2v) is 7.26. The van der Waals surface area contributed by atoms with Crippen LogP contribution < -0.4 is 10.0 Å². The molecule has 0 aliphatic rings. The number of halogens is 4. The molecule has 2 aromatic carbocycles. The predicted octanol–water partition coefficient (Wildman–Crippen LogP) is 3.87. The molecule has 2 aromatic rings. The monoisotopic (exact) mass is 402 g/mol. The molecule has 144 valence electrons. The van der Waals surface area contributed by atoms with Crippen LogP contribution in [-0.2, 0) is 21.0 Å². The van der Waals surface area contributed by atoms with Crippen LogP contribution in [0.5, 0.6) is 0 Å². The zero-order chi connectivity index (χ0) is 20.2. The Kier molecular flexibility index (Phi) is 5.89. The van der Waals surface area contributed by atoms with Crippen LogP contribution in [0.1, 0.15) is 11.1 Å². The Labute approximate surface area is 152 Å². The van der Waals surface area contributed by atoms with Crippen LogP contribution in [-0.4, -0.2) is 20.6 Å². The Balaban J connectivity index is 2.29. The summed E-state index contributed by atoms with van der Waals surface area (Å²) in [4.78, 5) is 12.0. The third-order valence-electron chi connectivity index (χ3n) is 3.18. The first kappa shape index (κ1) is 20.4. The van der Waals surface area contributed by atoms with Crippen LogP contribution in [0.15, 0.2) is 48.5 Å². The van der Waals surface area contributed by atoms with Gasteiger partial charge in [0.15, 0.2) is 0 Å². The van der Waals surface area contributed by atoms with E-state index in [1.165, 1.54) is 24.3 Å². The van der Waals surface area contributed by atoms with Crippen molar-refractivity contribution in [3.63, 3.8) is 0 Å². The molecule has 0 saturated carbocycles. The van der Waals surface area contributed by atoms with Crippen molar-refractivity contribution in [3.05, 3.63) is 65.5 Å². The summed E-state index contributed by atoms with van der Waals surface area (Å²) in [6, 6.07) is 7.51. The van der Waals surface area contributed by atoms with Crippen LogP contribution in [0.3, 0.4) is 0 Å². The first-order valence-electron chi connectivity index (χ1n) is 7.38. The number of hydrogen-bond acceptors (Lipinski definition) is 3. The summed E-state index contributed by atoms with van der Waals surface area (Å²) in [5.74, 6) is -1.34. The topological polar surface area (TPSA) is 75.3 Å². The maximum atomic E-state index is 13.1. The van der Waals surface area contributed by atoms with Gasteiger partial charge in [0.05, 0.1) is 23.2 Å². The van der Waals surface area contributed by atoms with Crippen LogP contribution in [0.4, 0.5) is 28.9 Å². The summed E-state index contributed by atoms with van der Waals surface area (Å²) in [5, 5.41) is 2.18. The Morgan fingerprint density at radius 1 is 1.07 bits per heavy atom. The van der Waals surface area contributed by atoms with E-state index < -0.39 is 33.5 Å². The highest BCUT2D eigenvalue weighted by Gasteiger charge is 2.31. The molecular weight excluding hydrogens is 388 g/mol. The van der Waals surface area contributed by atoms with Crippen molar-refractivity contribution in [3.8, 4) is 0 Å².